The van der Waals surface area contributed by atoms with Crippen molar-refractivity contribution >= 4 is 28.3 Å². The highest BCUT2D eigenvalue weighted by molar-refractivity contribution is 9.10. The third-order valence-corrected chi connectivity index (χ3v) is 4.12. The summed E-state index contributed by atoms with van der Waals surface area (Å²) in [4.78, 5) is 2.19. The largest absolute Gasteiger partial charge is 0.314 e. The second kappa shape index (κ2) is 8.42. The van der Waals surface area contributed by atoms with E-state index in [2.05, 4.69) is 40.0 Å². The van der Waals surface area contributed by atoms with Gasteiger partial charge in [-0.2, -0.15) is 0 Å². The van der Waals surface area contributed by atoms with E-state index in [0.29, 0.717) is 10.4 Å². The highest BCUT2D eigenvalue weighted by Crippen LogP contribution is 2.33. The van der Waals surface area contributed by atoms with E-state index >= 15 is 0 Å². The van der Waals surface area contributed by atoms with Gasteiger partial charge in [0.1, 0.15) is 11.6 Å². The highest BCUT2D eigenvalue weighted by atomic mass is 79.9. The molecule has 1 fully saturated rings. The minimum absolute atomic E-state index is 0. The first-order valence-corrected chi connectivity index (χ1v) is 7.87. The Balaban J connectivity index is 0.00000220. The zero-order valence-electron chi connectivity index (χ0n) is 12.3. The first-order valence-electron chi connectivity index (χ1n) is 7.08. The van der Waals surface area contributed by atoms with Crippen molar-refractivity contribution in [1.29, 1.82) is 0 Å². The lowest BCUT2D eigenvalue weighted by Crippen LogP contribution is -2.45. The predicted octanol–water partition coefficient (Wildman–Crippen LogP) is 4.14. The van der Waals surface area contributed by atoms with Crippen molar-refractivity contribution in [3.8, 4) is 0 Å². The second-order valence-electron chi connectivity index (χ2n) is 5.71. The summed E-state index contributed by atoms with van der Waals surface area (Å²) in [5, 5.41) is 3.28. The van der Waals surface area contributed by atoms with E-state index in [1.807, 2.05) is 0 Å². The van der Waals surface area contributed by atoms with Crippen molar-refractivity contribution in [2.24, 2.45) is 5.92 Å². The Hall–Kier alpha value is -0.230. The summed E-state index contributed by atoms with van der Waals surface area (Å²) in [5.74, 6) is -0.528. The first kappa shape index (κ1) is 18.8. The minimum atomic E-state index is -0.457. The molecule has 1 aliphatic heterocycles. The molecule has 0 bridgehead atoms. The van der Waals surface area contributed by atoms with Gasteiger partial charge in [-0.1, -0.05) is 29.8 Å². The van der Waals surface area contributed by atoms with Crippen LogP contribution in [0.2, 0.25) is 0 Å². The van der Waals surface area contributed by atoms with Crippen molar-refractivity contribution in [1.82, 2.24) is 10.2 Å². The van der Waals surface area contributed by atoms with Gasteiger partial charge in [0, 0.05) is 42.3 Å². The van der Waals surface area contributed by atoms with Crippen molar-refractivity contribution < 1.29 is 8.78 Å². The molecular weight excluding hydrogens is 362 g/mol. The Morgan fingerprint density at radius 2 is 1.71 bits per heavy atom. The topological polar surface area (TPSA) is 15.3 Å². The molecule has 120 valence electrons. The number of rotatable bonds is 4. The van der Waals surface area contributed by atoms with Gasteiger partial charge in [-0.3, -0.25) is 4.90 Å². The van der Waals surface area contributed by atoms with Gasteiger partial charge in [-0.05, 0) is 24.5 Å². The summed E-state index contributed by atoms with van der Waals surface area (Å²) in [7, 11) is 0. The molecule has 0 aliphatic carbocycles. The summed E-state index contributed by atoms with van der Waals surface area (Å²) in [6.07, 6.45) is 0.759. The van der Waals surface area contributed by atoms with Crippen LogP contribution in [0, 0.1) is 17.6 Å². The fraction of sp³-hybridized carbons (Fsp3) is 0.600. The van der Waals surface area contributed by atoms with Gasteiger partial charge in [0.2, 0.25) is 0 Å². The number of hydrogen-bond acceptors (Lipinski definition) is 2. The van der Waals surface area contributed by atoms with Crippen molar-refractivity contribution in [3.63, 3.8) is 0 Å². The number of nitrogens with zero attached hydrogens (tertiary/aromatic N) is 1. The van der Waals surface area contributed by atoms with Crippen LogP contribution >= 0.6 is 28.3 Å². The molecule has 0 aromatic heterocycles. The molecule has 1 aromatic carbocycles. The molecule has 2 nitrogen and oxygen atoms in total. The van der Waals surface area contributed by atoms with Crippen LogP contribution < -0.4 is 5.32 Å². The molecule has 0 radical (unpaired) electrons. The minimum Gasteiger partial charge on any atom is -0.314 e. The Bertz CT molecular complexity index is 442. The summed E-state index contributed by atoms with van der Waals surface area (Å²) in [5.41, 5.74) is 0.212. The molecule has 0 spiro atoms. The van der Waals surface area contributed by atoms with Crippen LogP contribution in [0.15, 0.2) is 16.6 Å². The van der Waals surface area contributed by atoms with Crippen LogP contribution in [0.1, 0.15) is 31.9 Å². The lowest BCUT2D eigenvalue weighted by atomic mass is 9.94. The lowest BCUT2D eigenvalue weighted by Gasteiger charge is -2.36. The maximum Gasteiger partial charge on any atom is 0.132 e. The molecule has 1 N–H and O–H groups in total. The Kier molecular flexibility index (Phi) is 7.54. The molecule has 2 rings (SSSR count). The molecule has 1 aromatic rings. The third-order valence-electron chi connectivity index (χ3n) is 3.66. The number of piperazine rings is 1. The standard InChI is InChI=1S/C15H21BrF2N2.ClH/c1-10(2)7-14(20-5-3-19-4-6-20)15-12(17)8-11(16)9-13(15)18;/h8-10,14,19H,3-7H2,1-2H3;1H/t14-;/m1./s1. The molecule has 6 heteroatoms. The average Bonchev–Trinajstić information content (AvgIpc) is 2.37. The zero-order valence-corrected chi connectivity index (χ0v) is 14.7. The average molecular weight is 384 g/mol. The lowest BCUT2D eigenvalue weighted by molar-refractivity contribution is 0.147. The summed E-state index contributed by atoms with van der Waals surface area (Å²) >= 11 is 3.14. The van der Waals surface area contributed by atoms with Crippen LogP contribution in [-0.4, -0.2) is 31.1 Å². The molecule has 21 heavy (non-hydrogen) atoms. The predicted molar refractivity (Wildman–Crippen MR) is 87.9 cm³/mol. The zero-order chi connectivity index (χ0) is 14.7. The van der Waals surface area contributed by atoms with Gasteiger partial charge in [0.05, 0.1) is 0 Å². The SMILES string of the molecule is CC(C)C[C@H](c1c(F)cc(Br)cc1F)N1CCNCC1.Cl. The van der Waals surface area contributed by atoms with Crippen molar-refractivity contribution in [2.75, 3.05) is 26.2 Å². The molecule has 0 amide bonds. The molecule has 1 aliphatic rings. The quantitative estimate of drug-likeness (QED) is 0.840. The van der Waals surface area contributed by atoms with Crippen LogP contribution in [0.25, 0.3) is 0 Å². The molecule has 0 unspecified atom stereocenters. The van der Waals surface area contributed by atoms with Crippen LogP contribution in [-0.2, 0) is 0 Å². The number of benzene rings is 1. The summed E-state index contributed by atoms with van der Waals surface area (Å²) < 4.78 is 29.0. The summed E-state index contributed by atoms with van der Waals surface area (Å²) in [6.45, 7) is 7.56. The highest BCUT2D eigenvalue weighted by Gasteiger charge is 2.28. The Morgan fingerprint density at radius 3 is 2.19 bits per heavy atom. The van der Waals surface area contributed by atoms with Crippen molar-refractivity contribution in [3.05, 3.63) is 33.8 Å². The van der Waals surface area contributed by atoms with Crippen LogP contribution in [0.3, 0.4) is 0 Å². The van der Waals surface area contributed by atoms with Gasteiger partial charge in [-0.15, -0.1) is 12.4 Å². The van der Waals surface area contributed by atoms with E-state index in [1.165, 1.54) is 12.1 Å². The summed E-state index contributed by atoms with van der Waals surface area (Å²) in [6, 6.07) is 2.52. The molecule has 1 heterocycles. The van der Waals surface area contributed by atoms with Crippen LogP contribution in [0.4, 0.5) is 8.78 Å². The van der Waals surface area contributed by atoms with E-state index in [9.17, 15) is 8.78 Å². The van der Waals surface area contributed by atoms with Gasteiger partial charge in [-0.25, -0.2) is 8.78 Å². The van der Waals surface area contributed by atoms with Gasteiger partial charge in [0.15, 0.2) is 0 Å². The van der Waals surface area contributed by atoms with Gasteiger partial charge < -0.3 is 5.32 Å². The van der Waals surface area contributed by atoms with Gasteiger partial charge in [0.25, 0.3) is 0 Å². The maximum atomic E-state index is 14.3. The smallest absolute Gasteiger partial charge is 0.132 e. The van der Waals surface area contributed by atoms with E-state index in [0.717, 1.165) is 32.6 Å². The molecule has 1 atom stereocenters. The van der Waals surface area contributed by atoms with Crippen LogP contribution in [0.5, 0.6) is 0 Å². The molecular formula is C15H22BrClF2N2. The van der Waals surface area contributed by atoms with E-state index in [-0.39, 0.29) is 24.0 Å². The second-order valence-corrected chi connectivity index (χ2v) is 6.63. The third kappa shape index (κ3) is 4.88. The number of nitrogens with one attached hydrogen (secondary N) is 1. The van der Waals surface area contributed by atoms with E-state index < -0.39 is 11.6 Å². The van der Waals surface area contributed by atoms with E-state index in [1.54, 1.807) is 0 Å². The van der Waals surface area contributed by atoms with Crippen molar-refractivity contribution in [2.45, 2.75) is 26.3 Å². The Labute approximate surface area is 139 Å². The number of hydrogen-bond donors (Lipinski definition) is 1. The first-order chi connectivity index (χ1) is 9.49. The van der Waals surface area contributed by atoms with E-state index in [4.69, 9.17) is 0 Å². The monoisotopic (exact) mass is 382 g/mol. The normalized spacial score (nSPS) is 17.6. The molecule has 1 saturated heterocycles. The maximum absolute atomic E-state index is 14.3. The Morgan fingerprint density at radius 1 is 1.19 bits per heavy atom. The molecule has 0 saturated carbocycles. The number of halogens is 4. The fourth-order valence-electron chi connectivity index (χ4n) is 2.76. The fourth-order valence-corrected chi connectivity index (χ4v) is 3.16. The van der Waals surface area contributed by atoms with Gasteiger partial charge >= 0.3 is 0 Å².